The van der Waals surface area contributed by atoms with Gasteiger partial charge in [-0.05, 0) is 26.0 Å². The van der Waals surface area contributed by atoms with E-state index in [-0.39, 0.29) is 4.88 Å². The fourth-order valence-corrected chi connectivity index (χ4v) is 2.04. The Balaban J connectivity index is 2.87. The summed E-state index contributed by atoms with van der Waals surface area (Å²) in [6.07, 6.45) is -4.96. The van der Waals surface area contributed by atoms with E-state index < -0.39 is 23.7 Å². The third kappa shape index (κ3) is 2.69. The molecule has 0 saturated heterocycles. The van der Waals surface area contributed by atoms with Crippen LogP contribution >= 0.6 is 11.3 Å². The molecule has 0 spiro atoms. The summed E-state index contributed by atoms with van der Waals surface area (Å²) >= 11 is 1.08. The van der Waals surface area contributed by atoms with Crippen molar-refractivity contribution in [2.75, 3.05) is 0 Å². The Morgan fingerprint density at radius 2 is 1.88 bits per heavy atom. The predicted octanol–water partition coefficient (Wildman–Crippen LogP) is 3.01. The van der Waals surface area contributed by atoms with Gasteiger partial charge in [0, 0.05) is 4.88 Å². The van der Waals surface area contributed by atoms with E-state index in [1.54, 1.807) is 13.0 Å². The molecule has 1 atom stereocenters. The van der Waals surface area contributed by atoms with Crippen LogP contribution in [0.5, 0.6) is 0 Å². The van der Waals surface area contributed by atoms with Crippen LogP contribution in [0, 0.1) is 12.8 Å². The number of hydrogen-bond donors (Lipinski definition) is 0. The van der Waals surface area contributed by atoms with E-state index in [2.05, 4.69) is 0 Å². The molecule has 1 heterocycles. The largest absolute Gasteiger partial charge is 0.450 e. The Morgan fingerprint density at radius 3 is 2.25 bits per heavy atom. The molecule has 0 aliphatic rings. The molecule has 6 heteroatoms. The van der Waals surface area contributed by atoms with E-state index in [1.807, 2.05) is 0 Å². The maximum Gasteiger partial charge on any atom is 0.450 e. The summed E-state index contributed by atoms with van der Waals surface area (Å²) in [5.74, 6) is -4.44. The second-order valence-electron chi connectivity index (χ2n) is 3.36. The van der Waals surface area contributed by atoms with Gasteiger partial charge in [-0.1, -0.05) is 0 Å². The molecule has 1 rings (SSSR count). The highest BCUT2D eigenvalue weighted by Crippen LogP contribution is 2.25. The van der Waals surface area contributed by atoms with Gasteiger partial charge in [-0.25, -0.2) is 0 Å². The third-order valence-corrected chi connectivity index (χ3v) is 3.06. The molecule has 0 saturated carbocycles. The van der Waals surface area contributed by atoms with Crippen LogP contribution in [0.25, 0.3) is 0 Å². The van der Waals surface area contributed by atoms with Gasteiger partial charge in [0.25, 0.3) is 0 Å². The number of thiophene rings is 1. The maximum atomic E-state index is 12.1. The van der Waals surface area contributed by atoms with Gasteiger partial charge < -0.3 is 0 Å². The van der Waals surface area contributed by atoms with Crippen molar-refractivity contribution in [2.24, 2.45) is 5.92 Å². The second-order valence-corrected chi connectivity index (χ2v) is 4.65. The summed E-state index contributed by atoms with van der Waals surface area (Å²) in [6.45, 7) is 2.71. The Labute approximate surface area is 94.1 Å². The van der Waals surface area contributed by atoms with Crippen LogP contribution in [-0.2, 0) is 4.79 Å². The predicted molar refractivity (Wildman–Crippen MR) is 53.6 cm³/mol. The van der Waals surface area contributed by atoms with Crippen LogP contribution in [0.15, 0.2) is 12.1 Å². The molecule has 0 radical (unpaired) electrons. The highest BCUT2D eigenvalue weighted by Gasteiger charge is 2.44. The van der Waals surface area contributed by atoms with Crippen LogP contribution in [0.4, 0.5) is 13.2 Å². The van der Waals surface area contributed by atoms with E-state index in [0.717, 1.165) is 23.1 Å². The van der Waals surface area contributed by atoms with Crippen molar-refractivity contribution in [3.05, 3.63) is 21.9 Å². The third-order valence-electron chi connectivity index (χ3n) is 2.05. The lowest BCUT2D eigenvalue weighted by Crippen LogP contribution is -2.33. The highest BCUT2D eigenvalue weighted by molar-refractivity contribution is 7.14. The van der Waals surface area contributed by atoms with Crippen LogP contribution < -0.4 is 0 Å². The van der Waals surface area contributed by atoms with Crippen LogP contribution in [-0.4, -0.2) is 17.7 Å². The van der Waals surface area contributed by atoms with Gasteiger partial charge in [0.05, 0.1) is 10.8 Å². The number of alkyl halides is 3. The minimum Gasteiger partial charge on any atom is -0.292 e. The first-order chi connectivity index (χ1) is 7.23. The Bertz CT molecular complexity index is 420. The zero-order valence-electron chi connectivity index (χ0n) is 8.59. The second kappa shape index (κ2) is 4.37. The van der Waals surface area contributed by atoms with Gasteiger partial charge in [-0.3, -0.25) is 9.59 Å². The lowest BCUT2D eigenvalue weighted by Gasteiger charge is -2.10. The summed E-state index contributed by atoms with van der Waals surface area (Å²) in [7, 11) is 0. The summed E-state index contributed by atoms with van der Waals surface area (Å²) in [6, 6.07) is 3.06. The average Bonchev–Trinajstić information content (AvgIpc) is 2.60. The number of aryl methyl sites for hydroxylation is 1. The number of Topliss-reactive ketones (excluding diaryl/α,β-unsaturated/α-hetero) is 2. The molecule has 88 valence electrons. The minimum atomic E-state index is -4.96. The van der Waals surface area contributed by atoms with Crippen molar-refractivity contribution in [3.63, 3.8) is 0 Å². The zero-order valence-corrected chi connectivity index (χ0v) is 9.41. The maximum absolute atomic E-state index is 12.1. The number of carbonyl (C=O) groups is 2. The van der Waals surface area contributed by atoms with Gasteiger partial charge in [-0.2, -0.15) is 13.2 Å². The summed E-state index contributed by atoms with van der Waals surface area (Å²) in [5.41, 5.74) is 0. The number of rotatable bonds is 3. The zero-order chi connectivity index (χ0) is 12.5. The molecule has 2 nitrogen and oxygen atoms in total. The highest BCUT2D eigenvalue weighted by atomic mass is 32.1. The lowest BCUT2D eigenvalue weighted by molar-refractivity contribution is -0.173. The fourth-order valence-electron chi connectivity index (χ4n) is 1.14. The number of ketones is 2. The van der Waals surface area contributed by atoms with Crippen molar-refractivity contribution in [3.8, 4) is 0 Å². The van der Waals surface area contributed by atoms with Crippen LogP contribution in [0.2, 0.25) is 0 Å². The topological polar surface area (TPSA) is 34.1 Å². The van der Waals surface area contributed by atoms with E-state index in [4.69, 9.17) is 0 Å². The summed E-state index contributed by atoms with van der Waals surface area (Å²) in [5, 5.41) is 0. The van der Waals surface area contributed by atoms with Gasteiger partial charge >= 0.3 is 6.18 Å². The smallest absolute Gasteiger partial charge is 0.292 e. The molecule has 1 aromatic heterocycles. The van der Waals surface area contributed by atoms with Gasteiger partial charge in [0.2, 0.25) is 5.78 Å². The van der Waals surface area contributed by atoms with Crippen molar-refractivity contribution >= 4 is 22.9 Å². The molecular weight excluding hydrogens is 241 g/mol. The molecule has 0 N–H and O–H groups in total. The molecule has 1 aromatic rings. The van der Waals surface area contributed by atoms with E-state index in [0.29, 0.717) is 0 Å². The quantitative estimate of drug-likeness (QED) is 0.610. The summed E-state index contributed by atoms with van der Waals surface area (Å²) in [4.78, 5) is 23.4. The molecule has 0 aromatic carbocycles. The first-order valence-corrected chi connectivity index (χ1v) is 5.27. The molecular formula is C10H9F3O2S. The molecule has 0 aliphatic heterocycles. The molecule has 16 heavy (non-hydrogen) atoms. The monoisotopic (exact) mass is 250 g/mol. The normalized spacial score (nSPS) is 13.6. The number of hydrogen-bond acceptors (Lipinski definition) is 3. The Hall–Kier alpha value is -1.17. The summed E-state index contributed by atoms with van der Waals surface area (Å²) < 4.78 is 36.2. The van der Waals surface area contributed by atoms with Crippen LogP contribution in [0.3, 0.4) is 0 Å². The molecule has 0 fully saturated rings. The van der Waals surface area contributed by atoms with E-state index in [9.17, 15) is 22.8 Å². The molecule has 1 unspecified atom stereocenters. The van der Waals surface area contributed by atoms with Gasteiger partial charge in [0.15, 0.2) is 5.78 Å². The van der Waals surface area contributed by atoms with E-state index in [1.165, 1.54) is 6.07 Å². The van der Waals surface area contributed by atoms with E-state index >= 15 is 0 Å². The minimum absolute atomic E-state index is 0.183. The van der Waals surface area contributed by atoms with Gasteiger partial charge in [-0.15, -0.1) is 11.3 Å². The van der Waals surface area contributed by atoms with Crippen molar-refractivity contribution < 1.29 is 22.8 Å². The lowest BCUT2D eigenvalue weighted by atomic mass is 10.00. The average molecular weight is 250 g/mol. The van der Waals surface area contributed by atoms with Crippen molar-refractivity contribution in [1.82, 2.24) is 0 Å². The van der Waals surface area contributed by atoms with Crippen molar-refractivity contribution in [2.45, 2.75) is 20.0 Å². The Kier molecular flexibility index (Phi) is 3.52. The standard InChI is InChI=1S/C10H9F3O2S/c1-5-3-4-7(16-5)8(14)6(2)9(15)10(11,12)13/h3-4,6H,1-2H3. The first kappa shape index (κ1) is 12.9. The first-order valence-electron chi connectivity index (χ1n) is 4.45. The fraction of sp³-hybridized carbons (Fsp3) is 0.400. The van der Waals surface area contributed by atoms with Crippen LogP contribution in [0.1, 0.15) is 21.5 Å². The molecule has 0 aliphatic carbocycles. The van der Waals surface area contributed by atoms with Gasteiger partial charge in [0.1, 0.15) is 0 Å². The van der Waals surface area contributed by atoms with Crippen molar-refractivity contribution in [1.29, 1.82) is 0 Å². The number of halogens is 3. The number of carbonyl (C=O) groups excluding carboxylic acids is 2. The SMILES string of the molecule is Cc1ccc(C(=O)C(C)C(=O)C(F)(F)F)s1. The molecule has 0 bridgehead atoms. The Morgan fingerprint density at radius 1 is 1.31 bits per heavy atom. The molecule has 0 amide bonds.